The normalized spacial score (nSPS) is 17.2. The maximum Gasteiger partial charge on any atom is 0.191 e. The van der Waals surface area contributed by atoms with Crippen molar-refractivity contribution in [2.75, 3.05) is 40.0 Å². The molecule has 1 aliphatic rings. The van der Waals surface area contributed by atoms with Gasteiger partial charge in [-0.2, -0.15) is 0 Å². The largest absolute Gasteiger partial charge is 0.381 e. The quantitative estimate of drug-likeness (QED) is 0.269. The second kappa shape index (κ2) is 12.4. The van der Waals surface area contributed by atoms with Crippen LogP contribution in [0.25, 0.3) is 0 Å². The molecular formula is C18H29FIN3O2. The number of hydrogen-bond donors (Lipinski definition) is 2. The van der Waals surface area contributed by atoms with E-state index < -0.39 is 0 Å². The summed E-state index contributed by atoms with van der Waals surface area (Å²) in [4.78, 5) is 4.17. The van der Waals surface area contributed by atoms with Gasteiger partial charge in [-0.3, -0.25) is 4.99 Å². The van der Waals surface area contributed by atoms with Gasteiger partial charge in [-0.1, -0.05) is 12.1 Å². The average Bonchev–Trinajstić information content (AvgIpc) is 3.10. The summed E-state index contributed by atoms with van der Waals surface area (Å²) >= 11 is 0. The molecule has 1 aliphatic heterocycles. The topological polar surface area (TPSA) is 54.9 Å². The van der Waals surface area contributed by atoms with E-state index in [2.05, 4.69) is 15.6 Å². The maximum atomic E-state index is 13.5. The predicted octanol–water partition coefficient (Wildman–Crippen LogP) is 2.86. The molecule has 0 bridgehead atoms. The second-order valence-corrected chi connectivity index (χ2v) is 6.09. The highest BCUT2D eigenvalue weighted by atomic mass is 127. The van der Waals surface area contributed by atoms with Gasteiger partial charge in [0.05, 0.1) is 13.2 Å². The number of hydrogen-bond acceptors (Lipinski definition) is 3. The number of halogens is 2. The Morgan fingerprint density at radius 2 is 2.24 bits per heavy atom. The van der Waals surface area contributed by atoms with Crippen LogP contribution in [0.1, 0.15) is 24.0 Å². The molecule has 2 rings (SSSR count). The Labute approximate surface area is 166 Å². The van der Waals surface area contributed by atoms with Crippen LogP contribution in [0.15, 0.2) is 23.2 Å². The van der Waals surface area contributed by atoms with E-state index in [1.165, 1.54) is 0 Å². The standard InChI is InChI=1S/C18H28FN3O2.HI/c1-14-4-5-15(10-17(14)19)11-22-18(20-2)21-7-3-8-23-12-16-6-9-24-13-16;/h4-5,10,16H,3,6-9,11-13H2,1-2H3,(H2,20,21,22);1H. The number of nitrogens with zero attached hydrogens (tertiary/aromatic N) is 1. The molecule has 0 saturated carbocycles. The fourth-order valence-electron chi connectivity index (χ4n) is 2.50. The summed E-state index contributed by atoms with van der Waals surface area (Å²) in [5, 5.41) is 6.42. The predicted molar refractivity (Wildman–Crippen MR) is 109 cm³/mol. The molecule has 2 N–H and O–H groups in total. The van der Waals surface area contributed by atoms with Crippen molar-refractivity contribution in [3.05, 3.63) is 35.1 Å². The van der Waals surface area contributed by atoms with Gasteiger partial charge in [-0.15, -0.1) is 24.0 Å². The van der Waals surface area contributed by atoms with Gasteiger partial charge < -0.3 is 20.1 Å². The number of rotatable bonds is 8. The Hall–Kier alpha value is -0.930. The molecule has 1 atom stereocenters. The monoisotopic (exact) mass is 465 g/mol. The summed E-state index contributed by atoms with van der Waals surface area (Å²) in [5.41, 5.74) is 1.55. The molecule has 0 aromatic heterocycles. The van der Waals surface area contributed by atoms with E-state index in [1.807, 2.05) is 6.07 Å². The first kappa shape index (κ1) is 22.1. The van der Waals surface area contributed by atoms with E-state index in [1.54, 1.807) is 26.1 Å². The lowest BCUT2D eigenvalue weighted by Crippen LogP contribution is -2.37. The lowest BCUT2D eigenvalue weighted by molar-refractivity contribution is 0.0888. The fourth-order valence-corrected chi connectivity index (χ4v) is 2.50. The van der Waals surface area contributed by atoms with Crippen molar-refractivity contribution >= 4 is 29.9 Å². The highest BCUT2D eigenvalue weighted by Gasteiger charge is 2.15. The van der Waals surface area contributed by atoms with Crippen molar-refractivity contribution in [1.29, 1.82) is 0 Å². The van der Waals surface area contributed by atoms with Crippen molar-refractivity contribution in [3.8, 4) is 0 Å². The van der Waals surface area contributed by atoms with Gasteiger partial charge in [0, 0.05) is 39.3 Å². The smallest absolute Gasteiger partial charge is 0.191 e. The number of nitrogens with one attached hydrogen (secondary N) is 2. The Bertz CT molecular complexity index is 537. The van der Waals surface area contributed by atoms with E-state index in [-0.39, 0.29) is 29.8 Å². The van der Waals surface area contributed by atoms with Gasteiger partial charge in [-0.05, 0) is 37.0 Å². The number of ether oxygens (including phenoxy) is 2. The zero-order valence-electron chi connectivity index (χ0n) is 15.0. The van der Waals surface area contributed by atoms with Gasteiger partial charge in [0.15, 0.2) is 5.96 Å². The van der Waals surface area contributed by atoms with E-state index in [9.17, 15) is 4.39 Å². The second-order valence-electron chi connectivity index (χ2n) is 6.09. The molecule has 1 aromatic rings. The number of aliphatic imine (C=N–C) groups is 1. The van der Waals surface area contributed by atoms with Crippen molar-refractivity contribution < 1.29 is 13.9 Å². The molecule has 7 heteroatoms. The van der Waals surface area contributed by atoms with Crippen LogP contribution in [0.3, 0.4) is 0 Å². The van der Waals surface area contributed by atoms with E-state index >= 15 is 0 Å². The van der Waals surface area contributed by atoms with Crippen molar-refractivity contribution in [1.82, 2.24) is 10.6 Å². The molecule has 0 aliphatic carbocycles. The van der Waals surface area contributed by atoms with Crippen LogP contribution in [0.4, 0.5) is 4.39 Å². The summed E-state index contributed by atoms with van der Waals surface area (Å²) in [6.07, 6.45) is 2.02. The van der Waals surface area contributed by atoms with Crippen LogP contribution in [-0.4, -0.2) is 46.0 Å². The molecular weight excluding hydrogens is 436 g/mol. The summed E-state index contributed by atoms with van der Waals surface area (Å²) < 4.78 is 24.5. The van der Waals surface area contributed by atoms with E-state index in [0.29, 0.717) is 24.0 Å². The van der Waals surface area contributed by atoms with Crippen molar-refractivity contribution in [3.63, 3.8) is 0 Å². The number of guanidine groups is 1. The molecule has 5 nitrogen and oxygen atoms in total. The molecule has 1 unspecified atom stereocenters. The molecule has 0 spiro atoms. The minimum Gasteiger partial charge on any atom is -0.381 e. The Balaban J connectivity index is 0.00000312. The first-order valence-corrected chi connectivity index (χ1v) is 8.54. The van der Waals surface area contributed by atoms with Gasteiger partial charge in [0.25, 0.3) is 0 Å². The van der Waals surface area contributed by atoms with Crippen LogP contribution in [-0.2, 0) is 16.0 Å². The summed E-state index contributed by atoms with van der Waals surface area (Å²) in [7, 11) is 1.72. The van der Waals surface area contributed by atoms with Gasteiger partial charge in [0.1, 0.15) is 5.82 Å². The third-order valence-electron chi connectivity index (χ3n) is 4.06. The SMILES string of the molecule is CN=C(NCCCOCC1CCOC1)NCc1ccc(C)c(F)c1.I. The zero-order valence-corrected chi connectivity index (χ0v) is 17.3. The molecule has 1 heterocycles. The van der Waals surface area contributed by atoms with Crippen LogP contribution in [0.5, 0.6) is 0 Å². The summed E-state index contributed by atoms with van der Waals surface area (Å²) in [5.74, 6) is 1.09. The highest BCUT2D eigenvalue weighted by molar-refractivity contribution is 14.0. The number of benzene rings is 1. The van der Waals surface area contributed by atoms with Crippen LogP contribution >= 0.6 is 24.0 Å². The third kappa shape index (κ3) is 8.33. The molecule has 0 radical (unpaired) electrons. The molecule has 0 amide bonds. The Morgan fingerprint density at radius 3 is 2.92 bits per heavy atom. The van der Waals surface area contributed by atoms with Gasteiger partial charge in [-0.25, -0.2) is 4.39 Å². The number of aryl methyl sites for hydroxylation is 1. The van der Waals surface area contributed by atoms with E-state index in [0.717, 1.165) is 51.4 Å². The zero-order chi connectivity index (χ0) is 17.2. The molecule has 25 heavy (non-hydrogen) atoms. The maximum absolute atomic E-state index is 13.5. The van der Waals surface area contributed by atoms with Gasteiger partial charge >= 0.3 is 0 Å². The molecule has 1 aromatic carbocycles. The Morgan fingerprint density at radius 1 is 1.40 bits per heavy atom. The van der Waals surface area contributed by atoms with Crippen LogP contribution in [0.2, 0.25) is 0 Å². The van der Waals surface area contributed by atoms with Crippen LogP contribution in [0, 0.1) is 18.7 Å². The highest BCUT2D eigenvalue weighted by Crippen LogP contribution is 2.12. The van der Waals surface area contributed by atoms with Crippen molar-refractivity contribution in [2.24, 2.45) is 10.9 Å². The fraction of sp³-hybridized carbons (Fsp3) is 0.611. The van der Waals surface area contributed by atoms with Crippen molar-refractivity contribution in [2.45, 2.75) is 26.3 Å². The lowest BCUT2D eigenvalue weighted by atomic mass is 10.1. The first-order valence-electron chi connectivity index (χ1n) is 8.54. The first-order chi connectivity index (χ1) is 11.7. The van der Waals surface area contributed by atoms with Crippen LogP contribution < -0.4 is 10.6 Å². The third-order valence-corrected chi connectivity index (χ3v) is 4.06. The molecule has 1 saturated heterocycles. The minimum atomic E-state index is -0.179. The lowest BCUT2D eigenvalue weighted by Gasteiger charge is -2.13. The Kier molecular flexibility index (Phi) is 11.0. The summed E-state index contributed by atoms with van der Waals surface area (Å²) in [6.45, 7) is 6.28. The summed E-state index contributed by atoms with van der Waals surface area (Å²) in [6, 6.07) is 5.25. The van der Waals surface area contributed by atoms with Gasteiger partial charge in [0.2, 0.25) is 0 Å². The molecule has 142 valence electrons. The average molecular weight is 465 g/mol. The molecule has 1 fully saturated rings. The minimum absolute atomic E-state index is 0. The van der Waals surface area contributed by atoms with E-state index in [4.69, 9.17) is 9.47 Å².